The molecule has 108 valence electrons. The maximum absolute atomic E-state index is 11.0. The van der Waals surface area contributed by atoms with E-state index in [1.807, 2.05) is 0 Å². The van der Waals surface area contributed by atoms with Gasteiger partial charge in [-0.1, -0.05) is 18.2 Å². The normalized spacial score (nSPS) is 11.4. The Balaban J connectivity index is 2.34. The van der Waals surface area contributed by atoms with Gasteiger partial charge in [-0.2, -0.15) is 0 Å². The molecule has 0 saturated heterocycles. The molecule has 0 fully saturated rings. The molecule has 0 aliphatic carbocycles. The Morgan fingerprint density at radius 3 is 2.57 bits per heavy atom. The molecule has 0 bridgehead atoms. The Labute approximate surface area is 120 Å². The highest BCUT2D eigenvalue weighted by Crippen LogP contribution is 2.32. The van der Waals surface area contributed by atoms with Gasteiger partial charge in [0, 0.05) is 17.0 Å². The van der Waals surface area contributed by atoms with Crippen LogP contribution in [0.5, 0.6) is 5.75 Å². The summed E-state index contributed by atoms with van der Waals surface area (Å²) in [5, 5.41) is 20.8. The molecule has 6 nitrogen and oxygen atoms in total. The zero-order valence-electron chi connectivity index (χ0n) is 11.3. The van der Waals surface area contributed by atoms with Crippen LogP contribution < -0.4 is 4.74 Å². The number of ether oxygens (including phenoxy) is 1. The predicted octanol–water partition coefficient (Wildman–Crippen LogP) is 3.16. The first kappa shape index (κ1) is 14.5. The third-order valence-corrected chi connectivity index (χ3v) is 3.02. The zero-order chi connectivity index (χ0) is 15.4. The third-order valence-electron chi connectivity index (χ3n) is 3.02. The third kappa shape index (κ3) is 3.17. The van der Waals surface area contributed by atoms with Gasteiger partial charge in [-0.05, 0) is 25.1 Å². The minimum absolute atomic E-state index is 0.00945. The molecule has 21 heavy (non-hydrogen) atoms. The Morgan fingerprint density at radius 1 is 1.29 bits per heavy atom. The summed E-state index contributed by atoms with van der Waals surface area (Å²) in [7, 11) is 0. The lowest BCUT2D eigenvalue weighted by molar-refractivity contribution is -0.383. The number of aliphatic carboxylic acids is 1. The average molecular weight is 287 g/mol. The second-order valence-corrected chi connectivity index (χ2v) is 4.39. The molecule has 2 rings (SSSR count). The minimum atomic E-state index is -1.01. The molecule has 0 spiro atoms. The van der Waals surface area contributed by atoms with Gasteiger partial charge in [-0.3, -0.25) is 10.1 Å². The molecule has 1 N–H and O–H groups in total. The second kappa shape index (κ2) is 6.04. The van der Waals surface area contributed by atoms with E-state index in [1.165, 1.54) is 25.1 Å². The number of nitro benzene ring substituents is 1. The van der Waals surface area contributed by atoms with Gasteiger partial charge >= 0.3 is 5.97 Å². The molecule has 6 heteroatoms. The maximum atomic E-state index is 11.0. The lowest BCUT2D eigenvalue weighted by Gasteiger charge is -2.08. The summed E-state index contributed by atoms with van der Waals surface area (Å²) in [5.41, 5.74) is 0.191. The van der Waals surface area contributed by atoms with Crippen LogP contribution in [0, 0.1) is 10.1 Å². The number of fused-ring (bicyclic) bond motifs is 1. The van der Waals surface area contributed by atoms with Gasteiger partial charge in [0.25, 0.3) is 5.69 Å². The summed E-state index contributed by atoms with van der Waals surface area (Å²) in [6, 6.07) is 9.75. The van der Waals surface area contributed by atoms with Crippen molar-refractivity contribution in [2.75, 3.05) is 6.61 Å². The summed E-state index contributed by atoms with van der Waals surface area (Å²) in [4.78, 5) is 21.2. The Hall–Kier alpha value is -2.89. The van der Waals surface area contributed by atoms with Gasteiger partial charge in [-0.15, -0.1) is 0 Å². The Morgan fingerprint density at radius 2 is 1.95 bits per heavy atom. The van der Waals surface area contributed by atoms with E-state index in [0.717, 1.165) is 0 Å². The Bertz CT molecular complexity index is 736. The van der Waals surface area contributed by atoms with E-state index in [0.29, 0.717) is 16.5 Å². The fourth-order valence-corrected chi connectivity index (χ4v) is 1.88. The van der Waals surface area contributed by atoms with Gasteiger partial charge in [0.15, 0.2) is 0 Å². The molecule has 0 aliphatic heterocycles. The van der Waals surface area contributed by atoms with Gasteiger partial charge in [0.05, 0.1) is 10.3 Å². The van der Waals surface area contributed by atoms with E-state index >= 15 is 0 Å². The van der Waals surface area contributed by atoms with Crippen molar-refractivity contribution in [1.82, 2.24) is 0 Å². The monoisotopic (exact) mass is 287 g/mol. The number of rotatable bonds is 5. The number of non-ortho nitro benzene ring substituents is 1. The number of carbonyl (C=O) groups is 1. The van der Waals surface area contributed by atoms with Crippen molar-refractivity contribution in [1.29, 1.82) is 0 Å². The highest BCUT2D eigenvalue weighted by atomic mass is 16.6. The molecule has 0 aromatic heterocycles. The van der Waals surface area contributed by atoms with E-state index in [2.05, 4.69) is 0 Å². The number of nitrogens with zero attached hydrogens (tertiary/aromatic N) is 1. The number of hydrogen-bond donors (Lipinski definition) is 1. The molecule has 0 aliphatic rings. The van der Waals surface area contributed by atoms with Crippen LogP contribution in [0.4, 0.5) is 5.69 Å². The molecule has 0 unspecified atom stereocenters. The standard InChI is InChI=1S/C15H13NO5/c1-10(15(17)18)8-9-21-14-7-6-13(16(19)20)11-4-2-3-5-12(11)14/h2-8H,9H2,1H3,(H,17,18). The summed E-state index contributed by atoms with van der Waals surface area (Å²) in [6.07, 6.45) is 1.44. The molecule has 0 saturated carbocycles. The first-order valence-electron chi connectivity index (χ1n) is 6.19. The van der Waals surface area contributed by atoms with Gasteiger partial charge in [0.1, 0.15) is 12.4 Å². The maximum Gasteiger partial charge on any atom is 0.331 e. The van der Waals surface area contributed by atoms with Gasteiger partial charge in [0.2, 0.25) is 0 Å². The fourth-order valence-electron chi connectivity index (χ4n) is 1.88. The second-order valence-electron chi connectivity index (χ2n) is 4.39. The average Bonchev–Trinajstić information content (AvgIpc) is 2.46. The van der Waals surface area contributed by atoms with Gasteiger partial charge < -0.3 is 9.84 Å². The summed E-state index contributed by atoms with van der Waals surface area (Å²) < 4.78 is 5.51. The van der Waals surface area contributed by atoms with Crippen LogP contribution in [0.25, 0.3) is 10.8 Å². The number of hydrogen-bond acceptors (Lipinski definition) is 4. The fraction of sp³-hybridized carbons (Fsp3) is 0.133. The van der Waals surface area contributed by atoms with Crippen LogP contribution >= 0.6 is 0 Å². The predicted molar refractivity (Wildman–Crippen MR) is 77.5 cm³/mol. The van der Waals surface area contributed by atoms with E-state index in [-0.39, 0.29) is 17.9 Å². The molecule has 0 radical (unpaired) electrons. The first-order valence-corrected chi connectivity index (χ1v) is 6.19. The zero-order valence-corrected chi connectivity index (χ0v) is 11.3. The smallest absolute Gasteiger partial charge is 0.331 e. The SMILES string of the molecule is CC(=CCOc1ccc([N+](=O)[O-])c2ccccc12)C(=O)O. The van der Waals surface area contributed by atoms with Crippen LogP contribution in [0.2, 0.25) is 0 Å². The summed E-state index contributed by atoms with van der Waals surface area (Å²) >= 11 is 0. The van der Waals surface area contributed by atoms with Crippen LogP contribution in [-0.2, 0) is 4.79 Å². The van der Waals surface area contributed by atoms with Crippen molar-refractivity contribution in [2.45, 2.75) is 6.92 Å². The largest absolute Gasteiger partial charge is 0.489 e. The van der Waals surface area contributed by atoms with Crippen molar-refractivity contribution in [3.8, 4) is 5.75 Å². The quantitative estimate of drug-likeness (QED) is 0.518. The van der Waals surface area contributed by atoms with E-state index in [1.54, 1.807) is 24.3 Å². The van der Waals surface area contributed by atoms with E-state index < -0.39 is 10.9 Å². The van der Waals surface area contributed by atoms with Crippen LogP contribution in [-0.4, -0.2) is 22.6 Å². The topological polar surface area (TPSA) is 89.7 Å². The minimum Gasteiger partial charge on any atom is -0.489 e. The number of benzene rings is 2. The van der Waals surface area contributed by atoms with Crippen molar-refractivity contribution >= 4 is 22.4 Å². The van der Waals surface area contributed by atoms with Gasteiger partial charge in [-0.25, -0.2) is 4.79 Å². The van der Waals surface area contributed by atoms with E-state index in [9.17, 15) is 14.9 Å². The number of nitro groups is 1. The first-order chi connectivity index (χ1) is 10.0. The lowest BCUT2D eigenvalue weighted by atomic mass is 10.1. The van der Waals surface area contributed by atoms with Crippen LogP contribution in [0.15, 0.2) is 48.0 Å². The van der Waals surface area contributed by atoms with Crippen molar-refractivity contribution in [2.24, 2.45) is 0 Å². The van der Waals surface area contributed by atoms with Crippen LogP contribution in [0.1, 0.15) is 6.92 Å². The molecule has 2 aromatic carbocycles. The lowest BCUT2D eigenvalue weighted by Crippen LogP contribution is -2.01. The Kier molecular flexibility index (Phi) is 4.18. The molecule has 0 heterocycles. The molecular formula is C15H13NO5. The van der Waals surface area contributed by atoms with E-state index in [4.69, 9.17) is 9.84 Å². The number of carboxylic acid groups (broad SMARTS) is 1. The number of carboxylic acids is 1. The molecule has 2 aromatic rings. The van der Waals surface area contributed by atoms with Crippen molar-refractivity contribution < 1.29 is 19.6 Å². The molecule has 0 atom stereocenters. The molecule has 0 amide bonds. The molecular weight excluding hydrogens is 274 g/mol. The van der Waals surface area contributed by atoms with Crippen molar-refractivity contribution in [3.63, 3.8) is 0 Å². The highest BCUT2D eigenvalue weighted by molar-refractivity contribution is 5.95. The summed E-state index contributed by atoms with van der Waals surface area (Å²) in [6.45, 7) is 1.56. The van der Waals surface area contributed by atoms with Crippen molar-refractivity contribution in [3.05, 3.63) is 58.2 Å². The van der Waals surface area contributed by atoms with Crippen LogP contribution in [0.3, 0.4) is 0 Å². The summed E-state index contributed by atoms with van der Waals surface area (Å²) in [5.74, 6) is -0.530. The highest BCUT2D eigenvalue weighted by Gasteiger charge is 2.14.